The van der Waals surface area contributed by atoms with Crippen molar-refractivity contribution in [2.24, 2.45) is 0 Å². The van der Waals surface area contributed by atoms with Crippen molar-refractivity contribution in [1.29, 1.82) is 0 Å². The molecule has 1 aromatic carbocycles. The smallest absolute Gasteiger partial charge is 0.238 e. The van der Waals surface area contributed by atoms with Gasteiger partial charge in [0, 0.05) is 44.0 Å². The molecule has 1 aliphatic rings. The molecule has 30 heavy (non-hydrogen) atoms. The van der Waals surface area contributed by atoms with E-state index in [4.69, 9.17) is 0 Å². The summed E-state index contributed by atoms with van der Waals surface area (Å²) >= 11 is 0. The van der Waals surface area contributed by atoms with Gasteiger partial charge >= 0.3 is 0 Å². The Morgan fingerprint density at radius 2 is 1.40 bits per heavy atom. The number of hydrogen-bond donors (Lipinski definition) is 1. The van der Waals surface area contributed by atoms with Crippen LogP contribution in [0.25, 0.3) is 0 Å². The van der Waals surface area contributed by atoms with Gasteiger partial charge in [-0.15, -0.1) is 0 Å². The van der Waals surface area contributed by atoms with Gasteiger partial charge in [-0.1, -0.05) is 32.0 Å². The van der Waals surface area contributed by atoms with Crippen molar-refractivity contribution in [3.8, 4) is 0 Å². The minimum absolute atomic E-state index is 0.0247. The first-order valence-electron chi connectivity index (χ1n) is 11.4. The van der Waals surface area contributed by atoms with Gasteiger partial charge in [0.25, 0.3) is 0 Å². The zero-order chi connectivity index (χ0) is 22.3. The van der Waals surface area contributed by atoms with Gasteiger partial charge in [-0.25, -0.2) is 0 Å². The van der Waals surface area contributed by atoms with E-state index in [0.29, 0.717) is 13.1 Å². The second kappa shape index (κ2) is 11.5. The number of nitrogens with one attached hydrogen (secondary N) is 1. The molecule has 2 atom stereocenters. The minimum Gasteiger partial charge on any atom is -0.336 e. The Bertz CT molecular complexity index is 683. The summed E-state index contributed by atoms with van der Waals surface area (Å²) in [7, 11) is 0. The van der Waals surface area contributed by atoms with Crippen molar-refractivity contribution in [3.63, 3.8) is 0 Å². The lowest BCUT2D eigenvalue weighted by molar-refractivity contribution is -0.137. The van der Waals surface area contributed by atoms with Crippen LogP contribution in [0.15, 0.2) is 18.2 Å². The molecule has 0 unspecified atom stereocenters. The number of carbonyl (C=O) groups excluding carboxylic acids is 2. The van der Waals surface area contributed by atoms with Crippen molar-refractivity contribution in [2.75, 3.05) is 44.6 Å². The Labute approximate surface area is 182 Å². The molecule has 1 aliphatic heterocycles. The summed E-state index contributed by atoms with van der Waals surface area (Å²) in [6.45, 7) is 16.7. The molecule has 1 N–H and O–H groups in total. The molecule has 1 aromatic rings. The molecule has 1 heterocycles. The summed E-state index contributed by atoms with van der Waals surface area (Å²) < 4.78 is 0. The monoisotopic (exact) mass is 416 g/mol. The number of anilines is 1. The molecule has 2 amide bonds. The number of carbonyl (C=O) groups is 2. The number of hydrogen-bond acceptors (Lipinski definition) is 4. The summed E-state index contributed by atoms with van der Waals surface area (Å²) in [5.74, 6) is 0.247. The maximum absolute atomic E-state index is 12.9. The van der Waals surface area contributed by atoms with E-state index in [1.807, 2.05) is 32.0 Å². The van der Waals surface area contributed by atoms with E-state index in [-0.39, 0.29) is 23.9 Å². The molecular weight excluding hydrogens is 376 g/mol. The molecule has 0 radical (unpaired) electrons. The molecular formula is C24H40N4O2. The Morgan fingerprint density at radius 1 is 0.933 bits per heavy atom. The first-order chi connectivity index (χ1) is 14.3. The quantitative estimate of drug-likeness (QED) is 0.671. The highest BCUT2D eigenvalue weighted by Crippen LogP contribution is 2.19. The molecule has 2 rings (SSSR count). The summed E-state index contributed by atoms with van der Waals surface area (Å²) in [4.78, 5) is 31.9. The second-order valence-electron chi connectivity index (χ2n) is 8.68. The van der Waals surface area contributed by atoms with Crippen LogP contribution >= 0.6 is 0 Å². The van der Waals surface area contributed by atoms with Crippen LogP contribution in [0.5, 0.6) is 0 Å². The zero-order valence-corrected chi connectivity index (χ0v) is 19.7. The van der Waals surface area contributed by atoms with E-state index in [9.17, 15) is 9.59 Å². The van der Waals surface area contributed by atoms with Gasteiger partial charge in [-0.3, -0.25) is 19.4 Å². The van der Waals surface area contributed by atoms with E-state index in [2.05, 4.69) is 47.7 Å². The molecule has 0 aromatic heterocycles. The fourth-order valence-electron chi connectivity index (χ4n) is 4.09. The van der Waals surface area contributed by atoms with Crippen LogP contribution < -0.4 is 5.32 Å². The Hall–Kier alpha value is -1.92. The van der Waals surface area contributed by atoms with E-state index >= 15 is 0 Å². The molecule has 1 fully saturated rings. The van der Waals surface area contributed by atoms with Crippen molar-refractivity contribution in [1.82, 2.24) is 14.7 Å². The lowest BCUT2D eigenvalue weighted by atomic mass is 10.1. The van der Waals surface area contributed by atoms with Gasteiger partial charge < -0.3 is 10.2 Å². The summed E-state index contributed by atoms with van der Waals surface area (Å²) in [6.07, 6.45) is 1.94. The zero-order valence-electron chi connectivity index (χ0n) is 19.7. The van der Waals surface area contributed by atoms with Gasteiger partial charge in [0.2, 0.25) is 11.8 Å². The molecule has 6 heteroatoms. The third-order valence-corrected chi connectivity index (χ3v) is 6.36. The lowest BCUT2D eigenvalue weighted by Gasteiger charge is -2.38. The van der Waals surface area contributed by atoms with Crippen LogP contribution in [-0.4, -0.2) is 77.9 Å². The number of nitrogens with zero attached hydrogens (tertiary/aromatic N) is 3. The van der Waals surface area contributed by atoms with Crippen LogP contribution in [0, 0.1) is 13.8 Å². The van der Waals surface area contributed by atoms with Crippen molar-refractivity contribution in [2.45, 2.75) is 66.5 Å². The summed E-state index contributed by atoms with van der Waals surface area (Å²) in [5.41, 5.74) is 3.08. The Morgan fingerprint density at radius 3 is 1.87 bits per heavy atom. The average molecular weight is 417 g/mol. The highest BCUT2D eigenvalue weighted by Gasteiger charge is 2.27. The fourth-order valence-corrected chi connectivity index (χ4v) is 4.09. The van der Waals surface area contributed by atoms with Crippen LogP contribution in [0.3, 0.4) is 0 Å². The fraction of sp³-hybridized carbons (Fsp3) is 0.667. The Kier molecular flexibility index (Phi) is 9.31. The number of amides is 2. The van der Waals surface area contributed by atoms with Crippen molar-refractivity contribution < 1.29 is 9.59 Å². The first kappa shape index (κ1) is 24.4. The molecule has 0 bridgehead atoms. The molecule has 0 aliphatic carbocycles. The number of aryl methyl sites for hydroxylation is 2. The molecule has 0 saturated carbocycles. The largest absolute Gasteiger partial charge is 0.336 e. The number of para-hydroxylation sites is 1. The number of piperazine rings is 1. The summed E-state index contributed by atoms with van der Waals surface area (Å²) in [6, 6.07) is 6.57. The second-order valence-corrected chi connectivity index (χ2v) is 8.68. The maximum atomic E-state index is 12.9. The van der Waals surface area contributed by atoms with Crippen LogP contribution in [-0.2, 0) is 9.59 Å². The summed E-state index contributed by atoms with van der Waals surface area (Å²) in [5, 5.41) is 3.07. The average Bonchev–Trinajstić information content (AvgIpc) is 2.72. The SMILES string of the molecule is CC[C@@H](C)N(C(=O)CN1CCN(CC(=O)Nc2c(C)cccc2C)CC1)[C@H](C)CC. The predicted molar refractivity (Wildman–Crippen MR) is 124 cm³/mol. The van der Waals surface area contributed by atoms with Gasteiger partial charge in [0.1, 0.15) is 0 Å². The van der Waals surface area contributed by atoms with Crippen molar-refractivity contribution in [3.05, 3.63) is 29.3 Å². The van der Waals surface area contributed by atoms with Crippen LogP contribution in [0.4, 0.5) is 5.69 Å². The van der Waals surface area contributed by atoms with Gasteiger partial charge in [0.15, 0.2) is 0 Å². The first-order valence-corrected chi connectivity index (χ1v) is 11.4. The van der Waals surface area contributed by atoms with E-state index in [0.717, 1.165) is 55.8 Å². The van der Waals surface area contributed by atoms with Gasteiger partial charge in [-0.2, -0.15) is 0 Å². The molecule has 6 nitrogen and oxygen atoms in total. The molecule has 0 spiro atoms. The Balaban J connectivity index is 1.83. The molecule has 168 valence electrons. The van der Waals surface area contributed by atoms with Gasteiger partial charge in [0.05, 0.1) is 13.1 Å². The minimum atomic E-state index is 0.0247. The number of benzene rings is 1. The molecule has 1 saturated heterocycles. The van der Waals surface area contributed by atoms with Gasteiger partial charge in [-0.05, 0) is 51.7 Å². The normalized spacial score (nSPS) is 17.4. The van der Waals surface area contributed by atoms with E-state index in [1.165, 1.54) is 0 Å². The van der Waals surface area contributed by atoms with Crippen LogP contribution in [0.1, 0.15) is 51.7 Å². The maximum Gasteiger partial charge on any atom is 0.238 e. The predicted octanol–water partition coefficient (Wildman–Crippen LogP) is 3.29. The highest BCUT2D eigenvalue weighted by molar-refractivity contribution is 5.93. The standard InChI is InChI=1S/C24H40N4O2/c1-7-20(5)28(21(6)8-2)23(30)17-27-14-12-26(13-15-27)16-22(29)25-24-18(3)10-9-11-19(24)4/h9-11,20-21H,7-8,12-17H2,1-6H3,(H,25,29)/t20-,21-/m1/s1. The van der Waals surface area contributed by atoms with E-state index < -0.39 is 0 Å². The van der Waals surface area contributed by atoms with Crippen molar-refractivity contribution >= 4 is 17.5 Å². The number of rotatable bonds is 9. The topological polar surface area (TPSA) is 55.9 Å². The lowest BCUT2D eigenvalue weighted by Crippen LogP contribution is -2.53. The van der Waals surface area contributed by atoms with Crippen LogP contribution in [0.2, 0.25) is 0 Å². The van der Waals surface area contributed by atoms with E-state index in [1.54, 1.807) is 0 Å². The highest BCUT2D eigenvalue weighted by atomic mass is 16.2. The third kappa shape index (κ3) is 6.54. The third-order valence-electron chi connectivity index (χ3n) is 6.36.